The molecule has 0 atom stereocenters. The van der Waals surface area contributed by atoms with Crippen LogP contribution in [0.4, 0.5) is 5.69 Å². The Labute approximate surface area is 111 Å². The van der Waals surface area contributed by atoms with E-state index < -0.39 is 5.97 Å². The third kappa shape index (κ3) is 5.76. The summed E-state index contributed by atoms with van der Waals surface area (Å²) < 4.78 is 10.1. The van der Waals surface area contributed by atoms with Crippen molar-refractivity contribution in [2.45, 2.75) is 13.3 Å². The molecule has 0 spiro atoms. The molecule has 1 aromatic rings. The van der Waals surface area contributed by atoms with E-state index in [2.05, 4.69) is 5.32 Å². The first-order valence-corrected chi connectivity index (χ1v) is 6.03. The van der Waals surface area contributed by atoms with Gasteiger partial charge in [0.25, 0.3) is 5.91 Å². The van der Waals surface area contributed by atoms with E-state index in [-0.39, 0.29) is 25.5 Å². The first-order valence-electron chi connectivity index (χ1n) is 6.03. The lowest BCUT2D eigenvalue weighted by Gasteiger charge is -2.08. The first-order chi connectivity index (χ1) is 9.13. The van der Waals surface area contributed by atoms with E-state index in [9.17, 15) is 9.59 Å². The molecule has 0 radical (unpaired) electrons. The number of carbonyl (C=O) groups excluding carboxylic acids is 2. The van der Waals surface area contributed by atoms with Gasteiger partial charge < -0.3 is 20.5 Å². The number of ether oxygens (including phenoxy) is 2. The average Bonchev–Trinajstić information content (AvgIpc) is 2.39. The molecule has 0 aromatic heterocycles. The lowest BCUT2D eigenvalue weighted by atomic mass is 10.3. The van der Waals surface area contributed by atoms with E-state index in [0.29, 0.717) is 18.0 Å². The molecule has 0 saturated heterocycles. The van der Waals surface area contributed by atoms with Gasteiger partial charge in [-0.25, -0.2) is 0 Å². The van der Waals surface area contributed by atoms with Crippen LogP contribution in [0.15, 0.2) is 24.3 Å². The van der Waals surface area contributed by atoms with Crippen LogP contribution in [0.5, 0.6) is 5.75 Å². The molecule has 0 fully saturated rings. The molecule has 0 bridgehead atoms. The second-order valence-electron chi connectivity index (χ2n) is 3.75. The number of nitrogen functional groups attached to an aromatic ring is 1. The molecule has 0 heterocycles. The normalized spacial score (nSPS) is 9.74. The molecule has 1 rings (SSSR count). The van der Waals surface area contributed by atoms with Crippen LogP contribution < -0.4 is 15.8 Å². The summed E-state index contributed by atoms with van der Waals surface area (Å²) in [6.07, 6.45) is 0.0632. The molecular weight excluding hydrogens is 248 g/mol. The predicted octanol–water partition coefficient (Wildman–Crippen LogP) is 0.717. The maximum absolute atomic E-state index is 11.3. The summed E-state index contributed by atoms with van der Waals surface area (Å²) in [5, 5.41) is 2.53. The molecular formula is C13H18N2O4. The smallest absolute Gasteiger partial charge is 0.309 e. The highest BCUT2D eigenvalue weighted by molar-refractivity contribution is 5.80. The van der Waals surface area contributed by atoms with Crippen LogP contribution in [-0.2, 0) is 14.3 Å². The summed E-state index contributed by atoms with van der Waals surface area (Å²) in [4.78, 5) is 22.4. The number of esters is 1. The van der Waals surface area contributed by atoms with Crippen molar-refractivity contribution in [2.75, 3.05) is 25.5 Å². The minimum Gasteiger partial charge on any atom is -0.491 e. The SMILES string of the molecule is CCNC(=O)COC(=O)CCOc1ccccc1N. The fraction of sp³-hybridized carbons (Fsp3) is 0.385. The monoisotopic (exact) mass is 266 g/mol. The number of nitrogens with one attached hydrogen (secondary N) is 1. The second-order valence-corrected chi connectivity index (χ2v) is 3.75. The second kappa shape index (κ2) is 7.97. The van der Waals surface area contributed by atoms with Crippen molar-refractivity contribution >= 4 is 17.6 Å². The van der Waals surface area contributed by atoms with Gasteiger partial charge in [-0.3, -0.25) is 9.59 Å². The fourth-order valence-corrected chi connectivity index (χ4v) is 1.32. The highest BCUT2D eigenvalue weighted by Gasteiger charge is 2.07. The van der Waals surface area contributed by atoms with Gasteiger partial charge in [-0.1, -0.05) is 12.1 Å². The molecule has 19 heavy (non-hydrogen) atoms. The molecule has 0 saturated carbocycles. The van der Waals surface area contributed by atoms with Gasteiger partial charge in [-0.15, -0.1) is 0 Å². The number of amides is 1. The predicted molar refractivity (Wildman–Crippen MR) is 70.6 cm³/mol. The zero-order valence-electron chi connectivity index (χ0n) is 10.8. The van der Waals surface area contributed by atoms with Crippen LogP contribution >= 0.6 is 0 Å². The van der Waals surface area contributed by atoms with Crippen molar-refractivity contribution in [3.05, 3.63) is 24.3 Å². The number of anilines is 1. The number of carbonyl (C=O) groups is 2. The number of rotatable bonds is 7. The van der Waals surface area contributed by atoms with Crippen molar-refractivity contribution in [1.29, 1.82) is 0 Å². The summed E-state index contributed by atoms with van der Waals surface area (Å²) in [7, 11) is 0. The molecule has 1 amide bonds. The molecule has 6 nitrogen and oxygen atoms in total. The third-order valence-corrected chi connectivity index (χ3v) is 2.22. The van der Waals surface area contributed by atoms with E-state index in [1.165, 1.54) is 0 Å². The van der Waals surface area contributed by atoms with Gasteiger partial charge in [-0.05, 0) is 19.1 Å². The summed E-state index contributed by atoms with van der Waals surface area (Å²) in [6, 6.07) is 7.01. The van der Waals surface area contributed by atoms with Crippen LogP contribution in [0.2, 0.25) is 0 Å². The van der Waals surface area contributed by atoms with Gasteiger partial charge in [0, 0.05) is 6.54 Å². The molecule has 6 heteroatoms. The standard InChI is InChI=1S/C13H18N2O4/c1-2-15-12(16)9-19-13(17)7-8-18-11-6-4-3-5-10(11)14/h3-6H,2,7-9,14H2,1H3,(H,15,16). The van der Waals surface area contributed by atoms with Crippen molar-refractivity contribution in [2.24, 2.45) is 0 Å². The Morgan fingerprint density at radius 3 is 2.74 bits per heavy atom. The number of benzene rings is 1. The van der Waals surface area contributed by atoms with E-state index in [4.69, 9.17) is 15.2 Å². The van der Waals surface area contributed by atoms with E-state index in [1.807, 2.05) is 0 Å². The molecule has 0 aliphatic heterocycles. The van der Waals surface area contributed by atoms with Crippen LogP contribution in [0, 0.1) is 0 Å². The molecule has 0 unspecified atom stereocenters. The van der Waals surface area contributed by atoms with Crippen LogP contribution in [0.1, 0.15) is 13.3 Å². The number of para-hydroxylation sites is 2. The number of hydrogen-bond donors (Lipinski definition) is 2. The Bertz CT molecular complexity index is 434. The average molecular weight is 266 g/mol. The highest BCUT2D eigenvalue weighted by Crippen LogP contribution is 2.19. The van der Waals surface area contributed by atoms with Crippen molar-refractivity contribution < 1.29 is 19.1 Å². The Morgan fingerprint density at radius 1 is 1.32 bits per heavy atom. The Morgan fingerprint density at radius 2 is 2.05 bits per heavy atom. The Hall–Kier alpha value is -2.24. The number of likely N-dealkylation sites (N-methyl/N-ethyl adjacent to an activating group) is 1. The quantitative estimate of drug-likeness (QED) is 0.560. The molecule has 1 aromatic carbocycles. The topological polar surface area (TPSA) is 90.6 Å². The summed E-state index contributed by atoms with van der Waals surface area (Å²) in [6.45, 7) is 2.19. The van der Waals surface area contributed by atoms with Gasteiger partial charge >= 0.3 is 5.97 Å². The summed E-state index contributed by atoms with van der Waals surface area (Å²) >= 11 is 0. The van der Waals surface area contributed by atoms with Crippen LogP contribution in [0.25, 0.3) is 0 Å². The van der Waals surface area contributed by atoms with Gasteiger partial charge in [0.2, 0.25) is 0 Å². The van der Waals surface area contributed by atoms with Gasteiger partial charge in [-0.2, -0.15) is 0 Å². The van der Waals surface area contributed by atoms with Gasteiger partial charge in [0.05, 0.1) is 18.7 Å². The number of hydrogen-bond acceptors (Lipinski definition) is 5. The van der Waals surface area contributed by atoms with E-state index >= 15 is 0 Å². The lowest BCUT2D eigenvalue weighted by Crippen LogP contribution is -2.28. The largest absolute Gasteiger partial charge is 0.491 e. The fourth-order valence-electron chi connectivity index (χ4n) is 1.32. The third-order valence-electron chi connectivity index (χ3n) is 2.22. The summed E-state index contributed by atoms with van der Waals surface area (Å²) in [5.74, 6) is -0.274. The maximum atomic E-state index is 11.3. The zero-order valence-corrected chi connectivity index (χ0v) is 10.8. The molecule has 0 aliphatic carbocycles. The minimum absolute atomic E-state index is 0.0632. The number of nitrogens with two attached hydrogens (primary N) is 1. The Kier molecular flexibility index (Phi) is 6.21. The van der Waals surface area contributed by atoms with Crippen molar-refractivity contribution in [1.82, 2.24) is 5.32 Å². The highest BCUT2D eigenvalue weighted by atomic mass is 16.5. The minimum atomic E-state index is -0.485. The summed E-state index contributed by atoms with van der Waals surface area (Å²) in [5.41, 5.74) is 6.19. The van der Waals surface area contributed by atoms with E-state index in [0.717, 1.165) is 0 Å². The Balaban J connectivity index is 2.21. The van der Waals surface area contributed by atoms with Crippen LogP contribution in [0.3, 0.4) is 0 Å². The van der Waals surface area contributed by atoms with Gasteiger partial charge in [0.1, 0.15) is 5.75 Å². The molecule has 3 N–H and O–H groups in total. The lowest BCUT2D eigenvalue weighted by molar-refractivity contribution is -0.149. The van der Waals surface area contributed by atoms with E-state index in [1.54, 1.807) is 31.2 Å². The maximum Gasteiger partial charge on any atom is 0.309 e. The first kappa shape index (κ1) is 14.8. The molecule has 0 aliphatic rings. The molecule has 104 valence electrons. The van der Waals surface area contributed by atoms with Crippen molar-refractivity contribution in [3.63, 3.8) is 0 Å². The zero-order chi connectivity index (χ0) is 14.1. The van der Waals surface area contributed by atoms with Crippen LogP contribution in [-0.4, -0.2) is 31.6 Å². The van der Waals surface area contributed by atoms with Gasteiger partial charge in [0.15, 0.2) is 6.61 Å². The van der Waals surface area contributed by atoms with Crippen molar-refractivity contribution in [3.8, 4) is 5.75 Å².